The van der Waals surface area contributed by atoms with Gasteiger partial charge in [-0.15, -0.1) is 0 Å². The van der Waals surface area contributed by atoms with Crippen molar-refractivity contribution in [3.8, 4) is 17.7 Å². The van der Waals surface area contributed by atoms with Crippen LogP contribution in [0.15, 0.2) is 43.0 Å². The molecular weight excluding hydrogens is 371 g/mol. The zero-order valence-corrected chi connectivity index (χ0v) is 12.3. The summed E-state index contributed by atoms with van der Waals surface area (Å²) in [4.78, 5) is 16.1. The van der Waals surface area contributed by atoms with E-state index in [9.17, 15) is 0 Å². The van der Waals surface area contributed by atoms with Gasteiger partial charge in [-0.3, -0.25) is 4.57 Å². The van der Waals surface area contributed by atoms with Crippen LogP contribution >= 0.6 is 22.6 Å². The molecule has 3 rings (SSSR count). The topological polar surface area (TPSA) is 91.7 Å². The lowest BCUT2D eigenvalue weighted by atomic mass is 10.3. The van der Waals surface area contributed by atoms with Crippen molar-refractivity contribution in [3.05, 3.63) is 46.6 Å². The summed E-state index contributed by atoms with van der Waals surface area (Å²) in [7, 11) is 0. The molecular formula is C12H9IN6O. The van der Waals surface area contributed by atoms with Crippen molar-refractivity contribution >= 4 is 28.5 Å². The average molecular weight is 380 g/mol. The smallest absolute Gasteiger partial charge is 0.328 e. The highest BCUT2D eigenvalue weighted by molar-refractivity contribution is 14.1. The fraction of sp³-hybridized carbons (Fsp3) is 0. The molecule has 0 saturated heterocycles. The number of anilines is 1. The number of imidazole rings is 1. The SMILES string of the molecule is Nc1nc(Oc2ccc(I)cc2)nc(-n2ccnc2)n1. The van der Waals surface area contributed by atoms with E-state index < -0.39 is 0 Å². The Kier molecular flexibility index (Phi) is 3.46. The molecule has 2 aromatic heterocycles. The Balaban J connectivity index is 1.92. The second-order valence-electron chi connectivity index (χ2n) is 3.80. The highest BCUT2D eigenvalue weighted by Gasteiger charge is 2.08. The summed E-state index contributed by atoms with van der Waals surface area (Å²) in [5.41, 5.74) is 5.67. The Hall–Kier alpha value is -2.23. The number of nitrogens with zero attached hydrogens (tertiary/aromatic N) is 5. The Bertz CT molecular complexity index is 713. The van der Waals surface area contributed by atoms with Crippen molar-refractivity contribution in [2.45, 2.75) is 0 Å². The molecule has 2 heterocycles. The fourth-order valence-corrected chi connectivity index (χ4v) is 1.87. The molecule has 7 nitrogen and oxygen atoms in total. The van der Waals surface area contributed by atoms with Gasteiger partial charge in [0.05, 0.1) is 0 Å². The standard InChI is InChI=1S/C12H9IN6O/c13-8-1-3-9(4-2-8)20-12-17-10(14)16-11(18-12)19-6-5-15-7-19/h1-7H,(H2,14,16,17,18). The number of halogens is 1. The lowest BCUT2D eigenvalue weighted by molar-refractivity contribution is 0.439. The predicted octanol–water partition coefficient (Wildman–Crippen LogP) is 2.04. The van der Waals surface area contributed by atoms with Crippen molar-refractivity contribution < 1.29 is 4.74 Å². The molecule has 0 spiro atoms. The van der Waals surface area contributed by atoms with Crippen LogP contribution in [-0.4, -0.2) is 24.5 Å². The minimum atomic E-state index is 0.0872. The quantitative estimate of drug-likeness (QED) is 0.700. The first-order valence-electron chi connectivity index (χ1n) is 5.64. The molecule has 0 aliphatic rings. The summed E-state index contributed by atoms with van der Waals surface area (Å²) in [6.45, 7) is 0. The van der Waals surface area contributed by atoms with E-state index >= 15 is 0 Å². The van der Waals surface area contributed by atoms with Crippen molar-refractivity contribution in [2.75, 3.05) is 5.73 Å². The van der Waals surface area contributed by atoms with Gasteiger partial charge in [0.1, 0.15) is 12.1 Å². The summed E-state index contributed by atoms with van der Waals surface area (Å²) in [6, 6.07) is 7.66. The summed E-state index contributed by atoms with van der Waals surface area (Å²) in [5.74, 6) is 1.08. The number of ether oxygens (including phenoxy) is 1. The van der Waals surface area contributed by atoms with Gasteiger partial charge in [0.25, 0.3) is 0 Å². The number of hydrogen-bond acceptors (Lipinski definition) is 6. The second-order valence-corrected chi connectivity index (χ2v) is 5.05. The van der Waals surface area contributed by atoms with Gasteiger partial charge in [0.2, 0.25) is 11.9 Å². The van der Waals surface area contributed by atoms with Crippen LogP contribution in [0.5, 0.6) is 11.8 Å². The number of nitrogens with two attached hydrogens (primary N) is 1. The van der Waals surface area contributed by atoms with Gasteiger partial charge in [-0.1, -0.05) is 0 Å². The van der Waals surface area contributed by atoms with Gasteiger partial charge in [-0.25, -0.2) is 4.98 Å². The van der Waals surface area contributed by atoms with Crippen LogP contribution in [0, 0.1) is 3.57 Å². The maximum absolute atomic E-state index is 5.67. The maximum Gasteiger partial charge on any atom is 0.328 e. The highest BCUT2D eigenvalue weighted by Crippen LogP contribution is 2.20. The Morgan fingerprint density at radius 2 is 1.90 bits per heavy atom. The number of rotatable bonds is 3. The van der Waals surface area contributed by atoms with Gasteiger partial charge < -0.3 is 10.5 Å². The minimum absolute atomic E-state index is 0.0872. The lowest BCUT2D eigenvalue weighted by Gasteiger charge is -2.06. The van der Waals surface area contributed by atoms with E-state index in [-0.39, 0.29) is 12.0 Å². The van der Waals surface area contributed by atoms with E-state index in [1.165, 1.54) is 0 Å². The molecule has 0 radical (unpaired) electrons. The van der Waals surface area contributed by atoms with Gasteiger partial charge in [0.15, 0.2) is 0 Å². The van der Waals surface area contributed by atoms with Gasteiger partial charge in [-0.2, -0.15) is 15.0 Å². The molecule has 2 N–H and O–H groups in total. The Morgan fingerprint density at radius 1 is 1.10 bits per heavy atom. The first kappa shape index (κ1) is 12.8. The molecule has 0 aliphatic carbocycles. The van der Waals surface area contributed by atoms with Crippen LogP contribution in [0.25, 0.3) is 5.95 Å². The van der Waals surface area contributed by atoms with Crippen LogP contribution < -0.4 is 10.5 Å². The summed E-state index contributed by atoms with van der Waals surface area (Å²) in [5, 5.41) is 0. The van der Waals surface area contributed by atoms with Crippen molar-refractivity contribution in [1.29, 1.82) is 0 Å². The summed E-state index contributed by atoms with van der Waals surface area (Å²) >= 11 is 2.22. The average Bonchev–Trinajstić information content (AvgIpc) is 2.95. The van der Waals surface area contributed by atoms with Gasteiger partial charge in [-0.05, 0) is 46.9 Å². The van der Waals surface area contributed by atoms with E-state index in [1.54, 1.807) is 23.3 Å². The molecule has 0 amide bonds. The third-order valence-electron chi connectivity index (χ3n) is 2.38. The number of hydrogen-bond donors (Lipinski definition) is 1. The van der Waals surface area contributed by atoms with Gasteiger partial charge >= 0.3 is 6.01 Å². The largest absolute Gasteiger partial charge is 0.424 e. The molecule has 0 atom stereocenters. The van der Waals surface area contributed by atoms with Crippen LogP contribution in [0.3, 0.4) is 0 Å². The van der Waals surface area contributed by atoms with Crippen molar-refractivity contribution in [2.24, 2.45) is 0 Å². The van der Waals surface area contributed by atoms with E-state index in [4.69, 9.17) is 10.5 Å². The lowest BCUT2D eigenvalue weighted by Crippen LogP contribution is -2.06. The number of aromatic nitrogens is 5. The van der Waals surface area contributed by atoms with E-state index in [2.05, 4.69) is 42.5 Å². The first-order valence-corrected chi connectivity index (χ1v) is 6.72. The summed E-state index contributed by atoms with van der Waals surface area (Å²) in [6.07, 6.45) is 4.91. The molecule has 0 bridgehead atoms. The Morgan fingerprint density at radius 3 is 2.60 bits per heavy atom. The van der Waals surface area contributed by atoms with Crippen LogP contribution in [0.4, 0.5) is 5.95 Å². The second kappa shape index (κ2) is 5.41. The van der Waals surface area contributed by atoms with E-state index in [0.717, 1.165) is 3.57 Å². The molecule has 0 saturated carbocycles. The number of benzene rings is 1. The Labute approximate surface area is 128 Å². The minimum Gasteiger partial charge on any atom is -0.424 e. The van der Waals surface area contributed by atoms with Crippen LogP contribution in [-0.2, 0) is 0 Å². The predicted molar refractivity (Wildman–Crippen MR) is 80.6 cm³/mol. The zero-order valence-electron chi connectivity index (χ0n) is 10.1. The van der Waals surface area contributed by atoms with Crippen LogP contribution in [0.2, 0.25) is 0 Å². The zero-order chi connectivity index (χ0) is 13.9. The molecule has 8 heteroatoms. The third-order valence-corrected chi connectivity index (χ3v) is 3.10. The van der Waals surface area contributed by atoms with Gasteiger partial charge in [0, 0.05) is 16.0 Å². The molecule has 3 aromatic rings. The molecule has 0 unspecified atom stereocenters. The number of nitrogen functional groups attached to an aromatic ring is 1. The van der Waals surface area contributed by atoms with E-state index in [0.29, 0.717) is 11.7 Å². The monoisotopic (exact) mass is 380 g/mol. The third kappa shape index (κ3) is 2.85. The molecule has 0 fully saturated rings. The fourth-order valence-electron chi connectivity index (χ4n) is 1.51. The molecule has 100 valence electrons. The summed E-state index contributed by atoms with van der Waals surface area (Å²) < 4.78 is 8.31. The van der Waals surface area contributed by atoms with Crippen molar-refractivity contribution in [1.82, 2.24) is 24.5 Å². The van der Waals surface area contributed by atoms with Crippen molar-refractivity contribution in [3.63, 3.8) is 0 Å². The first-order chi connectivity index (χ1) is 9.70. The maximum atomic E-state index is 5.67. The normalized spacial score (nSPS) is 10.4. The highest BCUT2D eigenvalue weighted by atomic mass is 127. The molecule has 20 heavy (non-hydrogen) atoms. The van der Waals surface area contributed by atoms with Crippen LogP contribution in [0.1, 0.15) is 0 Å². The molecule has 1 aromatic carbocycles. The molecule has 0 aliphatic heterocycles. The van der Waals surface area contributed by atoms with E-state index in [1.807, 2.05) is 24.3 Å².